The number of aliphatic hydroxyl groups is 1. The van der Waals surface area contributed by atoms with Crippen LogP contribution in [-0.2, 0) is 12.8 Å². The highest BCUT2D eigenvalue weighted by Crippen LogP contribution is 2.31. The van der Waals surface area contributed by atoms with Crippen molar-refractivity contribution < 1.29 is 9.90 Å². The molecule has 1 aliphatic rings. The van der Waals surface area contributed by atoms with Gasteiger partial charge in [0.2, 0.25) is 0 Å². The van der Waals surface area contributed by atoms with E-state index in [-0.39, 0.29) is 5.91 Å². The molecule has 0 aliphatic heterocycles. The number of amides is 1. The van der Waals surface area contributed by atoms with Crippen LogP contribution >= 0.6 is 11.3 Å². The van der Waals surface area contributed by atoms with Crippen LogP contribution in [0, 0.1) is 0 Å². The molecule has 4 heteroatoms. The summed E-state index contributed by atoms with van der Waals surface area (Å²) < 4.78 is 0. The van der Waals surface area contributed by atoms with Gasteiger partial charge in [-0.1, -0.05) is 0 Å². The van der Waals surface area contributed by atoms with Crippen LogP contribution in [0.2, 0.25) is 0 Å². The molecule has 1 aromatic heterocycles. The third kappa shape index (κ3) is 2.45. The quantitative estimate of drug-likeness (QED) is 0.884. The molecule has 1 amide bonds. The van der Waals surface area contributed by atoms with Gasteiger partial charge in [0.15, 0.2) is 0 Å². The van der Waals surface area contributed by atoms with E-state index in [0.29, 0.717) is 0 Å². The molecule has 1 heterocycles. The summed E-state index contributed by atoms with van der Waals surface area (Å²) in [7, 11) is 0. The Morgan fingerprint density at radius 3 is 2.56 bits per heavy atom. The van der Waals surface area contributed by atoms with Crippen molar-refractivity contribution >= 4 is 17.2 Å². The molecule has 0 radical (unpaired) electrons. The van der Waals surface area contributed by atoms with Gasteiger partial charge in [-0.05, 0) is 58.6 Å². The lowest BCUT2D eigenvalue weighted by molar-refractivity contribution is -0.00284. The number of rotatable bonds is 3. The van der Waals surface area contributed by atoms with Crippen LogP contribution in [0.25, 0.3) is 0 Å². The van der Waals surface area contributed by atoms with E-state index in [0.717, 1.165) is 17.7 Å². The summed E-state index contributed by atoms with van der Waals surface area (Å²) in [6, 6.07) is 2.00. The lowest BCUT2D eigenvalue weighted by Crippen LogP contribution is -2.57. The minimum absolute atomic E-state index is 0.0819. The smallest absolute Gasteiger partial charge is 0.261 e. The van der Waals surface area contributed by atoms with E-state index in [2.05, 4.69) is 5.32 Å². The van der Waals surface area contributed by atoms with Crippen LogP contribution in [0.4, 0.5) is 0 Å². The fourth-order valence-corrected chi connectivity index (χ4v) is 3.09. The summed E-state index contributed by atoms with van der Waals surface area (Å²) in [5, 5.41) is 13.0. The lowest BCUT2D eigenvalue weighted by Gasteiger charge is -2.37. The molecular formula is C14H21NO2S. The molecule has 3 nitrogen and oxygen atoms in total. The van der Waals surface area contributed by atoms with Gasteiger partial charge in [-0.2, -0.15) is 0 Å². The van der Waals surface area contributed by atoms with Crippen LogP contribution in [-0.4, -0.2) is 22.2 Å². The van der Waals surface area contributed by atoms with E-state index in [4.69, 9.17) is 0 Å². The number of aryl methyl sites for hydroxylation is 2. The summed E-state index contributed by atoms with van der Waals surface area (Å²) in [5.74, 6) is -0.0819. The molecule has 0 saturated heterocycles. The number of thiophene rings is 1. The van der Waals surface area contributed by atoms with E-state index in [9.17, 15) is 9.90 Å². The highest BCUT2D eigenvalue weighted by atomic mass is 32.1. The molecule has 0 bridgehead atoms. The van der Waals surface area contributed by atoms with Crippen molar-refractivity contribution in [2.45, 2.75) is 58.1 Å². The molecule has 2 N–H and O–H groups in total. The molecule has 1 aromatic rings. The Hall–Kier alpha value is -0.870. The van der Waals surface area contributed by atoms with E-state index >= 15 is 0 Å². The van der Waals surface area contributed by atoms with Gasteiger partial charge in [0, 0.05) is 4.88 Å². The molecule has 0 unspecified atom stereocenters. The predicted octanol–water partition coefficient (Wildman–Crippen LogP) is 2.52. The van der Waals surface area contributed by atoms with Crippen LogP contribution in [0.5, 0.6) is 0 Å². The van der Waals surface area contributed by atoms with Gasteiger partial charge in [-0.3, -0.25) is 4.79 Å². The molecular weight excluding hydrogens is 246 g/mol. The fraction of sp³-hybridized carbons (Fsp3) is 0.643. The molecule has 1 aliphatic carbocycles. The average molecular weight is 267 g/mol. The fourth-order valence-electron chi connectivity index (χ4n) is 1.94. The summed E-state index contributed by atoms with van der Waals surface area (Å²) in [6.07, 6.45) is 3.40. The minimum Gasteiger partial charge on any atom is -0.388 e. The summed E-state index contributed by atoms with van der Waals surface area (Å²) in [6.45, 7) is 7.10. The largest absolute Gasteiger partial charge is 0.388 e. The number of carbonyl (C=O) groups is 1. The molecule has 0 atom stereocenters. The number of nitrogens with one attached hydrogen (secondary N) is 1. The SMILES string of the molecule is CC(C)(O)C(C)(C)NC(=O)c1cc2c(s1)CCC2. The number of fused-ring (bicyclic) bond motifs is 1. The van der Waals surface area contributed by atoms with Gasteiger partial charge in [0.25, 0.3) is 5.91 Å². The molecule has 0 aromatic carbocycles. The van der Waals surface area contributed by atoms with Gasteiger partial charge in [-0.25, -0.2) is 0 Å². The van der Waals surface area contributed by atoms with Gasteiger partial charge in [0.1, 0.15) is 0 Å². The van der Waals surface area contributed by atoms with Crippen molar-refractivity contribution in [1.29, 1.82) is 0 Å². The first-order chi connectivity index (χ1) is 8.21. The highest BCUT2D eigenvalue weighted by molar-refractivity contribution is 7.14. The third-order valence-electron chi connectivity index (χ3n) is 3.93. The number of hydrogen-bond acceptors (Lipinski definition) is 3. The molecule has 18 heavy (non-hydrogen) atoms. The summed E-state index contributed by atoms with van der Waals surface area (Å²) in [4.78, 5) is 14.3. The zero-order chi connectivity index (χ0) is 13.6. The zero-order valence-corrected chi connectivity index (χ0v) is 12.3. The minimum atomic E-state index is -0.956. The van der Waals surface area contributed by atoms with Gasteiger partial charge < -0.3 is 10.4 Å². The molecule has 2 rings (SSSR count). The Morgan fingerprint density at radius 1 is 1.33 bits per heavy atom. The Bertz CT molecular complexity index is 447. The van der Waals surface area contributed by atoms with Crippen molar-refractivity contribution in [3.63, 3.8) is 0 Å². The Morgan fingerprint density at radius 2 is 2.00 bits per heavy atom. The second-order valence-corrected chi connectivity index (χ2v) is 7.19. The van der Waals surface area contributed by atoms with Gasteiger partial charge >= 0.3 is 0 Å². The Balaban J connectivity index is 2.13. The number of carbonyl (C=O) groups excluding carboxylic acids is 1. The standard InChI is InChI=1S/C14H21NO2S/c1-13(2,14(3,4)17)15-12(16)11-8-9-6-5-7-10(9)18-11/h8,17H,5-7H2,1-4H3,(H,15,16). The van der Waals surface area contributed by atoms with Crippen LogP contribution in [0.1, 0.15) is 54.2 Å². The predicted molar refractivity (Wildman–Crippen MR) is 74.2 cm³/mol. The van der Waals surface area contributed by atoms with Crippen molar-refractivity contribution in [2.75, 3.05) is 0 Å². The molecule has 0 spiro atoms. The normalized spacial score (nSPS) is 15.6. The third-order valence-corrected chi connectivity index (χ3v) is 5.16. The maximum atomic E-state index is 12.2. The molecule has 0 saturated carbocycles. The topological polar surface area (TPSA) is 49.3 Å². The summed E-state index contributed by atoms with van der Waals surface area (Å²) in [5.41, 5.74) is -0.285. The van der Waals surface area contributed by atoms with Crippen molar-refractivity contribution in [2.24, 2.45) is 0 Å². The van der Waals surface area contributed by atoms with Crippen molar-refractivity contribution in [1.82, 2.24) is 5.32 Å². The second kappa shape index (κ2) is 4.35. The maximum absolute atomic E-state index is 12.2. The van der Waals surface area contributed by atoms with Crippen molar-refractivity contribution in [3.05, 3.63) is 21.4 Å². The van der Waals surface area contributed by atoms with E-state index in [1.165, 1.54) is 16.9 Å². The van der Waals surface area contributed by atoms with Crippen molar-refractivity contribution in [3.8, 4) is 0 Å². The highest BCUT2D eigenvalue weighted by Gasteiger charge is 2.37. The first-order valence-electron chi connectivity index (χ1n) is 6.37. The first-order valence-corrected chi connectivity index (χ1v) is 7.19. The molecule has 0 fully saturated rings. The van der Waals surface area contributed by atoms with Crippen LogP contribution < -0.4 is 5.32 Å². The lowest BCUT2D eigenvalue weighted by atomic mass is 9.86. The zero-order valence-electron chi connectivity index (χ0n) is 11.5. The monoisotopic (exact) mass is 267 g/mol. The molecule has 100 valence electrons. The summed E-state index contributed by atoms with van der Waals surface area (Å²) >= 11 is 1.59. The maximum Gasteiger partial charge on any atom is 0.261 e. The van der Waals surface area contributed by atoms with Gasteiger partial charge in [0.05, 0.1) is 16.0 Å². The first kappa shape index (κ1) is 13.6. The second-order valence-electron chi connectivity index (χ2n) is 6.05. The Labute approximate surface area is 112 Å². The van der Waals surface area contributed by atoms with E-state index < -0.39 is 11.1 Å². The average Bonchev–Trinajstić information content (AvgIpc) is 2.72. The Kier molecular flexibility index (Phi) is 3.28. The van der Waals surface area contributed by atoms with Crippen LogP contribution in [0.3, 0.4) is 0 Å². The number of hydrogen-bond donors (Lipinski definition) is 2. The van der Waals surface area contributed by atoms with Crippen LogP contribution in [0.15, 0.2) is 6.07 Å². The van der Waals surface area contributed by atoms with E-state index in [1.807, 2.05) is 19.9 Å². The van der Waals surface area contributed by atoms with Gasteiger partial charge in [-0.15, -0.1) is 11.3 Å². The van der Waals surface area contributed by atoms with E-state index in [1.54, 1.807) is 25.2 Å².